The number of hydrogen-bond donors (Lipinski definition) is 0. The summed E-state index contributed by atoms with van der Waals surface area (Å²) < 4.78 is 4.17. The molecule has 0 aromatic carbocycles. The molecule has 0 amide bonds. The van der Waals surface area contributed by atoms with Crippen LogP contribution in [-0.2, 0) is 3.79 Å². The van der Waals surface area contributed by atoms with Crippen molar-refractivity contribution in [3.63, 3.8) is 0 Å². The van der Waals surface area contributed by atoms with E-state index in [2.05, 4.69) is 20.4 Å². The SMILES string of the molecule is C[O][Al-].[Li+]. The van der Waals surface area contributed by atoms with E-state index in [-0.39, 0.29) is 18.9 Å². The van der Waals surface area contributed by atoms with Crippen molar-refractivity contribution in [3.05, 3.63) is 0 Å². The summed E-state index contributed by atoms with van der Waals surface area (Å²) in [5, 5.41) is 0. The van der Waals surface area contributed by atoms with Crippen LogP contribution in [0, 0.1) is 0 Å². The van der Waals surface area contributed by atoms with Crippen molar-refractivity contribution < 1.29 is 22.6 Å². The molecular formula is CH3AlLiO. The Bertz CT molecular complexity index is 8.00. The van der Waals surface area contributed by atoms with Gasteiger partial charge < -0.3 is 20.4 Å². The largest absolute Gasteiger partial charge is 1.00 e. The molecule has 0 fully saturated rings. The monoisotopic (exact) mass is 65.0 g/mol. The van der Waals surface area contributed by atoms with Gasteiger partial charge in [0.2, 0.25) is 0 Å². The standard InChI is InChI=1S/CH3O.Al.Li/c1-2;;/h1H3;;/q-1;;+1. The van der Waals surface area contributed by atoms with E-state index in [9.17, 15) is 0 Å². The molecule has 0 spiro atoms. The van der Waals surface area contributed by atoms with Crippen molar-refractivity contribution in [1.29, 1.82) is 0 Å². The van der Waals surface area contributed by atoms with Crippen molar-refractivity contribution >= 4 is 16.6 Å². The summed E-state index contributed by atoms with van der Waals surface area (Å²) in [6, 6.07) is 0. The van der Waals surface area contributed by atoms with Gasteiger partial charge >= 0.3 is 18.9 Å². The van der Waals surface area contributed by atoms with Gasteiger partial charge in [-0.15, -0.1) is 0 Å². The molecule has 0 saturated heterocycles. The van der Waals surface area contributed by atoms with Crippen LogP contribution in [0.25, 0.3) is 0 Å². The van der Waals surface area contributed by atoms with Crippen LogP contribution >= 0.6 is 0 Å². The summed E-state index contributed by atoms with van der Waals surface area (Å²) in [6.45, 7) is 0. The Morgan fingerprint density at radius 3 is 1.75 bits per heavy atom. The maximum absolute atomic E-state index is 4.17. The van der Waals surface area contributed by atoms with Crippen molar-refractivity contribution in [2.24, 2.45) is 0 Å². The molecule has 0 aromatic rings. The Morgan fingerprint density at radius 1 is 1.75 bits per heavy atom. The van der Waals surface area contributed by atoms with Gasteiger partial charge in [-0.25, -0.2) is 0 Å². The fourth-order valence-electron chi connectivity index (χ4n) is 0. The van der Waals surface area contributed by atoms with E-state index in [1.165, 1.54) is 0 Å². The molecule has 1 nitrogen and oxygen atoms in total. The Morgan fingerprint density at radius 2 is 1.75 bits per heavy atom. The molecule has 0 N–H and O–H groups in total. The van der Waals surface area contributed by atoms with Crippen LogP contribution in [0.1, 0.15) is 0 Å². The van der Waals surface area contributed by atoms with E-state index in [1.807, 2.05) is 0 Å². The van der Waals surface area contributed by atoms with Gasteiger partial charge in [0.05, 0.1) is 0 Å². The van der Waals surface area contributed by atoms with E-state index in [4.69, 9.17) is 0 Å². The molecule has 0 unspecified atom stereocenters. The van der Waals surface area contributed by atoms with Crippen LogP contribution in [0.15, 0.2) is 0 Å². The minimum Gasteiger partial charge on any atom is -0.762 e. The first-order chi connectivity index (χ1) is 1.41. The van der Waals surface area contributed by atoms with Crippen molar-refractivity contribution in [2.75, 3.05) is 7.11 Å². The van der Waals surface area contributed by atoms with E-state index in [0.29, 0.717) is 0 Å². The maximum Gasteiger partial charge on any atom is 1.00 e. The molecule has 3 radical (unpaired) electrons. The van der Waals surface area contributed by atoms with Gasteiger partial charge in [-0.2, -0.15) is 0 Å². The number of rotatable bonds is 0. The normalized spacial score (nSPS) is 4.50. The second-order valence-electron chi connectivity index (χ2n) is 0.236. The summed E-state index contributed by atoms with van der Waals surface area (Å²) in [5.41, 5.74) is 0. The van der Waals surface area contributed by atoms with Crippen LogP contribution < -0.4 is 18.9 Å². The van der Waals surface area contributed by atoms with Gasteiger partial charge in [0.25, 0.3) is 0 Å². The zero-order valence-corrected chi connectivity index (χ0v) is 4.14. The molecule has 0 aromatic heterocycles. The summed E-state index contributed by atoms with van der Waals surface area (Å²) in [5.74, 6) is 0. The van der Waals surface area contributed by atoms with Crippen LogP contribution in [0.5, 0.6) is 0 Å². The average Bonchev–Trinajstić information content (AvgIpc) is 0.918. The quantitative estimate of drug-likeness (QED) is 0.269. The van der Waals surface area contributed by atoms with Gasteiger partial charge in [-0.3, -0.25) is 0 Å². The molecule has 4 heavy (non-hydrogen) atoms. The second-order valence-corrected chi connectivity index (χ2v) is 0.707. The predicted molar refractivity (Wildman–Crippen MR) is 12.8 cm³/mol. The summed E-state index contributed by atoms with van der Waals surface area (Å²) >= 11 is 2.08. The zero-order valence-electron chi connectivity index (χ0n) is 2.99. The molecule has 0 aliphatic carbocycles. The minimum absolute atomic E-state index is 0. The fourth-order valence-corrected chi connectivity index (χ4v) is 0. The molecule has 0 rings (SSSR count). The predicted octanol–water partition coefficient (Wildman–Crippen LogP) is -3.28. The molecule has 17 valence electrons. The Labute approximate surface area is 46.6 Å². The zero-order chi connectivity index (χ0) is 2.71. The third kappa shape index (κ3) is 11.4. The van der Waals surface area contributed by atoms with Crippen LogP contribution in [0.3, 0.4) is 0 Å². The molecule has 0 saturated carbocycles. The minimum atomic E-state index is 0. The van der Waals surface area contributed by atoms with Gasteiger partial charge in [0, 0.05) is 0 Å². The van der Waals surface area contributed by atoms with E-state index in [0.717, 1.165) is 0 Å². The molecular weight excluding hydrogens is 61.9 g/mol. The van der Waals surface area contributed by atoms with Crippen LogP contribution in [0.4, 0.5) is 0 Å². The molecule has 0 aliphatic heterocycles. The third-order valence-corrected chi connectivity index (χ3v) is 0. The van der Waals surface area contributed by atoms with E-state index < -0.39 is 0 Å². The van der Waals surface area contributed by atoms with Gasteiger partial charge in [0.1, 0.15) is 0 Å². The van der Waals surface area contributed by atoms with E-state index >= 15 is 0 Å². The number of hydrogen-bond acceptors (Lipinski definition) is 1. The Balaban J connectivity index is 0. The summed E-state index contributed by atoms with van der Waals surface area (Å²) in [7, 11) is 1.59. The maximum atomic E-state index is 4.17. The Hall–Kier alpha value is 1.09. The average molecular weight is 65.0 g/mol. The van der Waals surface area contributed by atoms with Gasteiger partial charge in [0.15, 0.2) is 0 Å². The topological polar surface area (TPSA) is 9.23 Å². The molecule has 0 atom stereocenters. The fraction of sp³-hybridized carbons (Fsp3) is 1.00. The Kier molecular flexibility index (Phi) is 19.9. The summed E-state index contributed by atoms with van der Waals surface area (Å²) in [4.78, 5) is 0. The van der Waals surface area contributed by atoms with Crippen molar-refractivity contribution in [1.82, 2.24) is 0 Å². The third-order valence-electron chi connectivity index (χ3n) is 0. The molecule has 3 heteroatoms. The first-order valence-electron chi connectivity index (χ1n) is 0.644. The van der Waals surface area contributed by atoms with Gasteiger partial charge in [-0.1, -0.05) is 0 Å². The summed E-state index contributed by atoms with van der Waals surface area (Å²) in [6.07, 6.45) is 0. The molecule has 0 heterocycles. The van der Waals surface area contributed by atoms with Crippen LogP contribution in [0.2, 0.25) is 0 Å². The first kappa shape index (κ1) is 8.92. The van der Waals surface area contributed by atoms with Gasteiger partial charge in [-0.05, 0) is 7.11 Å². The first-order valence-corrected chi connectivity index (χ1v) is 1.12. The molecule has 0 bridgehead atoms. The van der Waals surface area contributed by atoms with Crippen molar-refractivity contribution in [2.45, 2.75) is 0 Å². The van der Waals surface area contributed by atoms with Crippen LogP contribution in [-0.4, -0.2) is 23.7 Å². The van der Waals surface area contributed by atoms with Crippen molar-refractivity contribution in [3.8, 4) is 0 Å². The smallest absolute Gasteiger partial charge is 0.762 e. The van der Waals surface area contributed by atoms with E-state index in [1.54, 1.807) is 7.11 Å². The second kappa shape index (κ2) is 8.94. The molecule has 0 aliphatic rings.